The summed E-state index contributed by atoms with van der Waals surface area (Å²) in [5.41, 5.74) is 4.68. The molecule has 0 aromatic carbocycles. The predicted octanol–water partition coefficient (Wildman–Crippen LogP) is -0.321. The summed E-state index contributed by atoms with van der Waals surface area (Å²) < 4.78 is 0. The number of thiocarbonyl (C=S) groups is 1. The van der Waals surface area contributed by atoms with Crippen LogP contribution in [0, 0.1) is 0 Å². The van der Waals surface area contributed by atoms with E-state index in [1.54, 1.807) is 0 Å². The van der Waals surface area contributed by atoms with E-state index in [1.165, 1.54) is 0 Å². The molecule has 0 aromatic rings. The van der Waals surface area contributed by atoms with Gasteiger partial charge < -0.3 is 16.0 Å². The minimum absolute atomic E-state index is 0.0270. The van der Waals surface area contributed by atoms with Gasteiger partial charge in [0.1, 0.15) is 5.54 Å². The normalized spacial score (nSPS) is 23.5. The van der Waals surface area contributed by atoms with Crippen LogP contribution in [0.2, 0.25) is 0 Å². The molecule has 2 heterocycles. The lowest BCUT2D eigenvalue weighted by atomic mass is 9.87. The Morgan fingerprint density at radius 3 is 2.56 bits per heavy atom. The Bertz CT molecular complexity index is 391. The van der Waals surface area contributed by atoms with E-state index in [0.717, 1.165) is 24.5 Å². The molecule has 0 bridgehead atoms. The van der Waals surface area contributed by atoms with Crippen LogP contribution >= 0.6 is 12.2 Å². The molecule has 2 aliphatic heterocycles. The standard InChI is InChI=1S/C11H18N4O2S/c1-2-14-5-3-11(4-6-14)9(16)15(7-8(12)18)10(17)13-11/h2-7H2,1H3,(H2,12,18)(H,13,17). The third kappa shape index (κ3) is 2.20. The van der Waals surface area contributed by atoms with Gasteiger partial charge in [0.05, 0.1) is 11.5 Å². The van der Waals surface area contributed by atoms with E-state index >= 15 is 0 Å². The first-order valence-corrected chi connectivity index (χ1v) is 6.54. The number of nitrogens with two attached hydrogens (primary N) is 1. The monoisotopic (exact) mass is 270 g/mol. The van der Waals surface area contributed by atoms with Crippen molar-refractivity contribution in [3.8, 4) is 0 Å². The zero-order valence-corrected chi connectivity index (χ0v) is 11.3. The molecule has 0 saturated carbocycles. The summed E-state index contributed by atoms with van der Waals surface area (Å²) in [7, 11) is 0. The predicted molar refractivity (Wildman–Crippen MR) is 71.1 cm³/mol. The molecule has 0 radical (unpaired) electrons. The second kappa shape index (κ2) is 4.81. The van der Waals surface area contributed by atoms with Crippen molar-refractivity contribution < 1.29 is 9.59 Å². The summed E-state index contributed by atoms with van der Waals surface area (Å²) in [6.07, 6.45) is 1.30. The highest BCUT2D eigenvalue weighted by atomic mass is 32.1. The molecule has 3 N–H and O–H groups in total. The maximum atomic E-state index is 12.3. The number of piperidine rings is 1. The number of carbonyl (C=O) groups is 2. The van der Waals surface area contributed by atoms with Crippen LogP contribution in [-0.4, -0.2) is 58.4 Å². The number of likely N-dealkylation sites (tertiary alicyclic amines) is 1. The Morgan fingerprint density at radius 1 is 1.44 bits per heavy atom. The van der Waals surface area contributed by atoms with Crippen molar-refractivity contribution >= 4 is 29.1 Å². The van der Waals surface area contributed by atoms with Crippen molar-refractivity contribution in [3.63, 3.8) is 0 Å². The summed E-state index contributed by atoms with van der Waals surface area (Å²) in [6.45, 7) is 4.73. The van der Waals surface area contributed by atoms with E-state index in [4.69, 9.17) is 18.0 Å². The number of imide groups is 1. The average molecular weight is 270 g/mol. The second-order valence-corrected chi connectivity index (χ2v) is 5.33. The average Bonchev–Trinajstić information content (AvgIpc) is 2.55. The molecule has 0 atom stereocenters. The number of hydrogen-bond acceptors (Lipinski definition) is 4. The molecule has 0 unspecified atom stereocenters. The zero-order chi connectivity index (χ0) is 13.3. The van der Waals surface area contributed by atoms with Crippen LogP contribution < -0.4 is 11.1 Å². The van der Waals surface area contributed by atoms with Gasteiger partial charge in [-0.1, -0.05) is 19.1 Å². The van der Waals surface area contributed by atoms with Gasteiger partial charge in [-0.05, 0) is 19.4 Å². The number of carbonyl (C=O) groups excluding carboxylic acids is 2. The molecule has 0 aliphatic carbocycles. The number of nitrogens with one attached hydrogen (secondary N) is 1. The summed E-state index contributed by atoms with van der Waals surface area (Å²) in [5.74, 6) is -0.184. The molecular weight excluding hydrogens is 252 g/mol. The fourth-order valence-corrected chi connectivity index (χ4v) is 2.69. The van der Waals surface area contributed by atoms with Crippen molar-refractivity contribution in [2.24, 2.45) is 5.73 Å². The molecule has 3 amide bonds. The van der Waals surface area contributed by atoms with Crippen molar-refractivity contribution in [3.05, 3.63) is 0 Å². The molecule has 6 nitrogen and oxygen atoms in total. The smallest absolute Gasteiger partial charge is 0.325 e. The van der Waals surface area contributed by atoms with Crippen LogP contribution in [-0.2, 0) is 4.79 Å². The van der Waals surface area contributed by atoms with Gasteiger partial charge in [0.25, 0.3) is 5.91 Å². The van der Waals surface area contributed by atoms with Crippen LogP contribution in [0.3, 0.4) is 0 Å². The number of nitrogens with zero attached hydrogens (tertiary/aromatic N) is 2. The molecular formula is C11H18N4O2S. The minimum atomic E-state index is -0.729. The lowest BCUT2D eigenvalue weighted by molar-refractivity contribution is -0.132. The van der Waals surface area contributed by atoms with Gasteiger partial charge in [-0.15, -0.1) is 0 Å². The van der Waals surface area contributed by atoms with E-state index in [-0.39, 0.29) is 23.5 Å². The Hall–Kier alpha value is -1.21. The van der Waals surface area contributed by atoms with Gasteiger partial charge in [0.15, 0.2) is 0 Å². The van der Waals surface area contributed by atoms with E-state index in [1.807, 2.05) is 0 Å². The van der Waals surface area contributed by atoms with Crippen molar-refractivity contribution in [1.82, 2.24) is 15.1 Å². The molecule has 2 saturated heterocycles. The van der Waals surface area contributed by atoms with E-state index in [9.17, 15) is 9.59 Å². The molecule has 2 rings (SSSR count). The molecule has 1 spiro atoms. The third-order valence-electron chi connectivity index (χ3n) is 3.72. The first-order valence-electron chi connectivity index (χ1n) is 6.13. The van der Waals surface area contributed by atoms with Crippen LogP contribution in [0.5, 0.6) is 0 Å². The zero-order valence-electron chi connectivity index (χ0n) is 10.4. The first-order chi connectivity index (χ1) is 8.48. The van der Waals surface area contributed by atoms with Gasteiger partial charge in [0.2, 0.25) is 0 Å². The molecule has 18 heavy (non-hydrogen) atoms. The van der Waals surface area contributed by atoms with Crippen molar-refractivity contribution in [1.29, 1.82) is 0 Å². The van der Waals surface area contributed by atoms with Gasteiger partial charge in [0, 0.05) is 13.1 Å². The highest BCUT2D eigenvalue weighted by Crippen LogP contribution is 2.29. The summed E-state index contributed by atoms with van der Waals surface area (Å²) in [6, 6.07) is -0.377. The maximum absolute atomic E-state index is 12.3. The van der Waals surface area contributed by atoms with Crippen LogP contribution in [0.1, 0.15) is 19.8 Å². The van der Waals surface area contributed by atoms with Gasteiger partial charge in [-0.2, -0.15) is 0 Å². The Labute approximate surface area is 111 Å². The Morgan fingerprint density at radius 2 is 2.06 bits per heavy atom. The fraction of sp³-hybridized carbons (Fsp3) is 0.727. The number of urea groups is 1. The van der Waals surface area contributed by atoms with E-state index in [0.29, 0.717) is 12.8 Å². The topological polar surface area (TPSA) is 78.7 Å². The first kappa shape index (κ1) is 13.2. The van der Waals surface area contributed by atoms with Crippen molar-refractivity contribution in [2.75, 3.05) is 26.2 Å². The van der Waals surface area contributed by atoms with E-state index < -0.39 is 5.54 Å². The summed E-state index contributed by atoms with van der Waals surface area (Å²) in [5, 5.41) is 2.81. The fourth-order valence-electron chi connectivity index (χ4n) is 2.57. The molecule has 0 aromatic heterocycles. The van der Waals surface area contributed by atoms with Crippen LogP contribution in [0.4, 0.5) is 4.79 Å². The highest BCUT2D eigenvalue weighted by molar-refractivity contribution is 7.80. The third-order valence-corrected chi connectivity index (χ3v) is 3.85. The van der Waals surface area contributed by atoms with Gasteiger partial charge in [-0.25, -0.2) is 4.79 Å². The van der Waals surface area contributed by atoms with Gasteiger partial charge in [-0.3, -0.25) is 9.69 Å². The summed E-state index contributed by atoms with van der Waals surface area (Å²) in [4.78, 5) is 27.7. The Balaban J connectivity index is 2.10. The van der Waals surface area contributed by atoms with Crippen LogP contribution in [0.25, 0.3) is 0 Å². The lowest BCUT2D eigenvalue weighted by Gasteiger charge is -2.36. The Kier molecular flexibility index (Phi) is 3.54. The number of hydrogen-bond donors (Lipinski definition) is 2. The second-order valence-electron chi connectivity index (χ2n) is 4.80. The van der Waals surface area contributed by atoms with Crippen LogP contribution in [0.15, 0.2) is 0 Å². The van der Waals surface area contributed by atoms with Gasteiger partial charge >= 0.3 is 6.03 Å². The number of rotatable bonds is 3. The molecule has 100 valence electrons. The van der Waals surface area contributed by atoms with Crippen molar-refractivity contribution in [2.45, 2.75) is 25.3 Å². The lowest BCUT2D eigenvalue weighted by Crippen LogP contribution is -2.55. The SMILES string of the molecule is CCN1CCC2(CC1)NC(=O)N(CC(N)=S)C2=O. The van der Waals surface area contributed by atoms with E-state index in [2.05, 4.69) is 17.1 Å². The number of amides is 3. The quantitative estimate of drug-likeness (QED) is 0.543. The largest absolute Gasteiger partial charge is 0.392 e. The summed E-state index contributed by atoms with van der Waals surface area (Å²) >= 11 is 4.76. The highest BCUT2D eigenvalue weighted by Gasteiger charge is 2.52. The minimum Gasteiger partial charge on any atom is -0.392 e. The molecule has 2 fully saturated rings. The maximum Gasteiger partial charge on any atom is 0.325 e. The molecule has 7 heteroatoms. The molecule has 2 aliphatic rings.